The van der Waals surface area contributed by atoms with E-state index in [9.17, 15) is 13.9 Å². The molecule has 0 bridgehead atoms. The van der Waals surface area contributed by atoms with Crippen LogP contribution in [0.1, 0.15) is 5.56 Å². The van der Waals surface area contributed by atoms with Gasteiger partial charge >= 0.3 is 0 Å². The van der Waals surface area contributed by atoms with Gasteiger partial charge in [0.15, 0.2) is 11.5 Å². The molecule has 0 atom stereocenters. The summed E-state index contributed by atoms with van der Waals surface area (Å²) in [5.74, 6) is -1.04. The van der Waals surface area contributed by atoms with Gasteiger partial charge in [-0.2, -0.15) is 0 Å². The summed E-state index contributed by atoms with van der Waals surface area (Å²) < 4.78 is 31.8. The first kappa shape index (κ1) is 14.6. The Morgan fingerprint density at radius 1 is 1.25 bits per heavy atom. The number of rotatable bonds is 4. The number of ether oxygens (including phenoxy) is 1. The van der Waals surface area contributed by atoms with Crippen LogP contribution in [0.15, 0.2) is 34.8 Å². The van der Waals surface area contributed by atoms with E-state index < -0.39 is 11.6 Å². The number of nitrogens with one attached hydrogen (secondary N) is 1. The van der Waals surface area contributed by atoms with Crippen molar-refractivity contribution < 1.29 is 18.6 Å². The van der Waals surface area contributed by atoms with E-state index >= 15 is 0 Å². The maximum atomic E-state index is 13.6. The zero-order chi connectivity index (χ0) is 14.7. The first-order valence-electron chi connectivity index (χ1n) is 5.76. The number of phenols is 1. The van der Waals surface area contributed by atoms with Gasteiger partial charge in [0.2, 0.25) is 0 Å². The molecular weight excluding hydrogens is 332 g/mol. The van der Waals surface area contributed by atoms with Crippen LogP contribution in [0.4, 0.5) is 14.5 Å². The zero-order valence-corrected chi connectivity index (χ0v) is 12.2. The number of phenolic OH excluding ortho intramolecular Hbond substituents is 1. The van der Waals surface area contributed by atoms with E-state index in [0.29, 0.717) is 11.3 Å². The van der Waals surface area contributed by atoms with Crippen LogP contribution in [0.2, 0.25) is 0 Å². The second-order valence-corrected chi connectivity index (χ2v) is 4.92. The summed E-state index contributed by atoms with van der Waals surface area (Å²) in [5, 5.41) is 12.7. The highest BCUT2D eigenvalue weighted by atomic mass is 79.9. The van der Waals surface area contributed by atoms with Crippen molar-refractivity contribution >= 4 is 21.6 Å². The minimum Gasteiger partial charge on any atom is -0.504 e. The maximum Gasteiger partial charge on any atom is 0.162 e. The van der Waals surface area contributed by atoms with E-state index in [1.54, 1.807) is 18.2 Å². The van der Waals surface area contributed by atoms with Gasteiger partial charge in [0.25, 0.3) is 0 Å². The summed E-state index contributed by atoms with van der Waals surface area (Å²) in [4.78, 5) is 0. The second kappa shape index (κ2) is 6.09. The van der Waals surface area contributed by atoms with Crippen molar-refractivity contribution in [3.8, 4) is 11.5 Å². The summed E-state index contributed by atoms with van der Waals surface area (Å²) in [6, 6.07) is 7.11. The van der Waals surface area contributed by atoms with Crippen molar-refractivity contribution in [1.29, 1.82) is 0 Å². The van der Waals surface area contributed by atoms with E-state index in [4.69, 9.17) is 4.74 Å². The minimum absolute atomic E-state index is 0.0101. The van der Waals surface area contributed by atoms with Crippen molar-refractivity contribution in [3.63, 3.8) is 0 Å². The van der Waals surface area contributed by atoms with E-state index in [2.05, 4.69) is 21.2 Å². The maximum absolute atomic E-state index is 13.6. The summed E-state index contributed by atoms with van der Waals surface area (Å²) in [6.07, 6.45) is 0. The highest BCUT2D eigenvalue weighted by molar-refractivity contribution is 9.10. The molecule has 2 rings (SSSR count). The molecule has 2 N–H and O–H groups in total. The van der Waals surface area contributed by atoms with Gasteiger partial charge in [-0.05, 0) is 28.1 Å². The number of halogens is 3. The predicted molar refractivity (Wildman–Crippen MR) is 76.0 cm³/mol. The third-order valence-electron chi connectivity index (χ3n) is 2.78. The Morgan fingerprint density at radius 3 is 2.70 bits per heavy atom. The first-order valence-corrected chi connectivity index (χ1v) is 6.55. The molecule has 2 aromatic rings. The molecule has 2 aromatic carbocycles. The number of anilines is 1. The topological polar surface area (TPSA) is 41.5 Å². The van der Waals surface area contributed by atoms with E-state index in [0.717, 1.165) is 6.07 Å². The first-order chi connectivity index (χ1) is 9.52. The zero-order valence-electron chi connectivity index (χ0n) is 10.6. The molecule has 0 unspecified atom stereocenters. The summed E-state index contributed by atoms with van der Waals surface area (Å²) >= 11 is 2.99. The molecule has 0 aliphatic carbocycles. The number of benzene rings is 2. The van der Waals surface area contributed by atoms with Gasteiger partial charge in [0, 0.05) is 18.2 Å². The van der Waals surface area contributed by atoms with Crippen molar-refractivity contribution in [3.05, 3.63) is 52.0 Å². The standard InChI is InChI=1S/C14H12BrF2NO2/c1-20-13-4-2-3-8(14(13)19)7-18-12-5-9(15)10(16)6-11(12)17/h2-6,18-19H,7H2,1H3. The van der Waals surface area contributed by atoms with Crippen LogP contribution in [0.3, 0.4) is 0 Å². The van der Waals surface area contributed by atoms with Crippen LogP contribution in [-0.2, 0) is 6.54 Å². The smallest absolute Gasteiger partial charge is 0.162 e. The van der Waals surface area contributed by atoms with Gasteiger partial charge in [-0.15, -0.1) is 0 Å². The molecule has 0 aliphatic heterocycles. The van der Waals surface area contributed by atoms with Gasteiger partial charge in [0.05, 0.1) is 17.3 Å². The Morgan fingerprint density at radius 2 is 2.00 bits per heavy atom. The van der Waals surface area contributed by atoms with Crippen molar-refractivity contribution in [2.75, 3.05) is 12.4 Å². The molecule has 0 radical (unpaired) electrons. The molecule has 106 valence electrons. The Labute approximate surface area is 123 Å². The largest absolute Gasteiger partial charge is 0.504 e. The van der Waals surface area contributed by atoms with Crippen LogP contribution < -0.4 is 10.1 Å². The lowest BCUT2D eigenvalue weighted by atomic mass is 10.1. The van der Waals surface area contributed by atoms with Crippen molar-refractivity contribution in [2.45, 2.75) is 6.54 Å². The molecule has 0 aliphatic rings. The Bertz CT molecular complexity index is 635. The molecule has 0 saturated heterocycles. The van der Waals surface area contributed by atoms with Crippen LogP contribution in [0.5, 0.6) is 11.5 Å². The fourth-order valence-electron chi connectivity index (χ4n) is 1.72. The molecule has 0 saturated carbocycles. The molecule has 0 fully saturated rings. The van der Waals surface area contributed by atoms with Gasteiger partial charge in [-0.3, -0.25) is 0 Å². The Kier molecular flexibility index (Phi) is 4.44. The van der Waals surface area contributed by atoms with Crippen molar-refractivity contribution in [2.24, 2.45) is 0 Å². The lowest BCUT2D eigenvalue weighted by molar-refractivity contribution is 0.371. The minimum atomic E-state index is -0.701. The van der Waals surface area contributed by atoms with Crippen molar-refractivity contribution in [1.82, 2.24) is 0 Å². The molecule has 20 heavy (non-hydrogen) atoms. The number of aromatic hydroxyl groups is 1. The number of para-hydroxylation sites is 1. The Hall–Kier alpha value is -1.82. The lowest BCUT2D eigenvalue weighted by Crippen LogP contribution is -2.03. The molecule has 3 nitrogen and oxygen atoms in total. The summed E-state index contributed by atoms with van der Waals surface area (Å²) in [6.45, 7) is 0.179. The van der Waals surface area contributed by atoms with Crippen LogP contribution in [0.25, 0.3) is 0 Å². The average Bonchev–Trinajstić information content (AvgIpc) is 2.43. The SMILES string of the molecule is COc1cccc(CNc2cc(Br)c(F)cc2F)c1O. The third kappa shape index (κ3) is 3.01. The summed E-state index contributed by atoms with van der Waals surface area (Å²) in [7, 11) is 1.45. The van der Waals surface area contributed by atoms with E-state index in [1.165, 1.54) is 13.2 Å². The van der Waals surface area contributed by atoms with Gasteiger partial charge in [0.1, 0.15) is 11.6 Å². The lowest BCUT2D eigenvalue weighted by Gasteiger charge is -2.11. The Balaban J connectivity index is 2.19. The van der Waals surface area contributed by atoms with E-state index in [1.807, 2.05) is 0 Å². The molecule has 0 spiro atoms. The van der Waals surface area contributed by atoms with Gasteiger partial charge in [-0.25, -0.2) is 8.78 Å². The normalized spacial score (nSPS) is 10.4. The molecule has 0 amide bonds. The van der Waals surface area contributed by atoms with Gasteiger partial charge < -0.3 is 15.2 Å². The molecule has 0 aromatic heterocycles. The number of hydrogen-bond donors (Lipinski definition) is 2. The quantitative estimate of drug-likeness (QED) is 0.822. The second-order valence-electron chi connectivity index (χ2n) is 4.07. The highest BCUT2D eigenvalue weighted by Gasteiger charge is 2.10. The van der Waals surface area contributed by atoms with Gasteiger partial charge in [-0.1, -0.05) is 12.1 Å². The average molecular weight is 344 g/mol. The molecule has 6 heteroatoms. The number of hydrogen-bond acceptors (Lipinski definition) is 3. The molecule has 0 heterocycles. The van der Waals surface area contributed by atoms with Crippen LogP contribution >= 0.6 is 15.9 Å². The van der Waals surface area contributed by atoms with Crippen LogP contribution in [-0.4, -0.2) is 12.2 Å². The monoisotopic (exact) mass is 343 g/mol. The predicted octanol–water partition coefficient (Wildman–Crippen LogP) is 4.05. The summed E-state index contributed by atoms with van der Waals surface area (Å²) in [5.41, 5.74) is 0.685. The van der Waals surface area contributed by atoms with E-state index in [-0.39, 0.29) is 22.5 Å². The highest BCUT2D eigenvalue weighted by Crippen LogP contribution is 2.30. The van der Waals surface area contributed by atoms with Crippen LogP contribution in [0, 0.1) is 11.6 Å². The fraction of sp³-hybridized carbons (Fsp3) is 0.143. The fourth-order valence-corrected chi connectivity index (χ4v) is 2.07. The molecular formula is C14H12BrF2NO2. The third-order valence-corrected chi connectivity index (χ3v) is 3.39. The number of methoxy groups -OCH3 is 1.